The summed E-state index contributed by atoms with van der Waals surface area (Å²) in [7, 11) is 1.62. The van der Waals surface area contributed by atoms with Crippen LogP contribution in [0.5, 0.6) is 5.75 Å². The Kier molecular flexibility index (Phi) is 4.80. The van der Waals surface area contributed by atoms with E-state index in [1.165, 1.54) is 6.33 Å². The molecule has 1 atom stereocenters. The molecular weight excluding hydrogens is 366 g/mol. The summed E-state index contributed by atoms with van der Waals surface area (Å²) in [5.74, 6) is 1.07. The monoisotopic (exact) mass is 389 g/mol. The molecule has 4 rings (SSSR count). The van der Waals surface area contributed by atoms with Gasteiger partial charge in [0.2, 0.25) is 5.95 Å². The number of benzene rings is 2. The van der Waals surface area contributed by atoms with Gasteiger partial charge in [-0.3, -0.25) is 4.79 Å². The number of anilines is 2. The molecule has 0 aliphatic carbocycles. The summed E-state index contributed by atoms with van der Waals surface area (Å²) in [6.07, 6.45) is 1.48. The second kappa shape index (κ2) is 7.43. The molecule has 7 nitrogen and oxygen atoms in total. The van der Waals surface area contributed by atoms with Gasteiger partial charge in [0.15, 0.2) is 0 Å². The first-order valence-electron chi connectivity index (χ1n) is 9.38. The second-order valence-electron chi connectivity index (χ2n) is 7.11. The van der Waals surface area contributed by atoms with Gasteiger partial charge in [0, 0.05) is 16.9 Å². The van der Waals surface area contributed by atoms with E-state index in [1.807, 2.05) is 63.2 Å². The zero-order valence-corrected chi connectivity index (χ0v) is 16.9. The lowest BCUT2D eigenvalue weighted by atomic mass is 9.94. The lowest BCUT2D eigenvalue weighted by Gasteiger charge is -2.29. The fraction of sp³-hybridized carbons (Fsp3) is 0.227. The summed E-state index contributed by atoms with van der Waals surface area (Å²) in [5, 5.41) is 10.6. The standard InChI is InChI=1S/C22H23N5O2/c1-13-9-10-17(14(2)11-13)26-21(28)19-15(3)25-22-23-12-24-27(22)20(19)16-7-5-6-8-18(16)29-4/h5-12,20H,1-4H3,(H,26,28)(H,23,24,25)/t20-/m1/s1. The van der Waals surface area contributed by atoms with Gasteiger partial charge in [-0.1, -0.05) is 35.9 Å². The van der Waals surface area contributed by atoms with Crippen LogP contribution in [0.15, 0.2) is 60.1 Å². The number of aryl methyl sites for hydroxylation is 2. The van der Waals surface area contributed by atoms with Crippen LogP contribution in [0.3, 0.4) is 0 Å². The average Bonchev–Trinajstić information content (AvgIpc) is 3.17. The Labute approximate surface area is 169 Å². The number of amides is 1. The Morgan fingerprint density at radius 1 is 1.17 bits per heavy atom. The van der Waals surface area contributed by atoms with Gasteiger partial charge in [0.25, 0.3) is 5.91 Å². The minimum Gasteiger partial charge on any atom is -0.496 e. The highest BCUT2D eigenvalue weighted by Crippen LogP contribution is 2.39. The van der Waals surface area contributed by atoms with E-state index in [4.69, 9.17) is 4.74 Å². The minimum absolute atomic E-state index is 0.195. The molecule has 3 aromatic rings. The van der Waals surface area contributed by atoms with E-state index in [-0.39, 0.29) is 5.91 Å². The number of hydrogen-bond donors (Lipinski definition) is 2. The Morgan fingerprint density at radius 2 is 1.97 bits per heavy atom. The van der Waals surface area contributed by atoms with E-state index < -0.39 is 6.04 Å². The molecule has 29 heavy (non-hydrogen) atoms. The number of carbonyl (C=O) groups is 1. The van der Waals surface area contributed by atoms with Crippen LogP contribution < -0.4 is 15.4 Å². The maximum absolute atomic E-state index is 13.4. The van der Waals surface area contributed by atoms with Gasteiger partial charge in [-0.15, -0.1) is 0 Å². The van der Waals surface area contributed by atoms with Crippen molar-refractivity contribution in [1.82, 2.24) is 14.8 Å². The van der Waals surface area contributed by atoms with Gasteiger partial charge in [0.05, 0.1) is 12.7 Å². The van der Waals surface area contributed by atoms with Crippen LogP contribution in [0.25, 0.3) is 0 Å². The SMILES string of the molecule is COc1ccccc1[C@@H]1C(C(=O)Nc2ccc(C)cc2C)=C(C)Nc2ncnn21. The third-order valence-corrected chi connectivity index (χ3v) is 5.10. The van der Waals surface area contributed by atoms with Crippen LogP contribution in [0, 0.1) is 13.8 Å². The molecular formula is C22H23N5O2. The molecule has 1 aliphatic rings. The fourth-order valence-corrected chi connectivity index (χ4v) is 3.71. The first kappa shape index (κ1) is 18.7. The van der Waals surface area contributed by atoms with Gasteiger partial charge in [-0.25, -0.2) is 4.68 Å². The van der Waals surface area contributed by atoms with Crippen molar-refractivity contribution in [2.75, 3.05) is 17.7 Å². The molecule has 2 N–H and O–H groups in total. The number of nitrogens with one attached hydrogen (secondary N) is 2. The molecule has 7 heteroatoms. The largest absolute Gasteiger partial charge is 0.496 e. The maximum atomic E-state index is 13.4. The highest BCUT2D eigenvalue weighted by Gasteiger charge is 2.35. The maximum Gasteiger partial charge on any atom is 0.255 e. The molecule has 2 aromatic carbocycles. The van der Waals surface area contributed by atoms with Crippen LogP contribution in [0.4, 0.5) is 11.6 Å². The highest BCUT2D eigenvalue weighted by atomic mass is 16.5. The molecule has 0 saturated carbocycles. The van der Waals surface area contributed by atoms with Crippen LogP contribution in [0.2, 0.25) is 0 Å². The van der Waals surface area contributed by atoms with Gasteiger partial charge in [-0.2, -0.15) is 10.1 Å². The van der Waals surface area contributed by atoms with Crippen LogP contribution >= 0.6 is 0 Å². The summed E-state index contributed by atoms with van der Waals surface area (Å²) in [6.45, 7) is 5.88. The molecule has 0 unspecified atom stereocenters. The van der Waals surface area contributed by atoms with Crippen molar-refractivity contribution in [3.63, 3.8) is 0 Å². The van der Waals surface area contributed by atoms with Crippen molar-refractivity contribution < 1.29 is 9.53 Å². The number of allylic oxidation sites excluding steroid dienone is 1. The molecule has 2 heterocycles. The van der Waals surface area contributed by atoms with E-state index in [0.29, 0.717) is 17.3 Å². The first-order valence-corrected chi connectivity index (χ1v) is 9.38. The summed E-state index contributed by atoms with van der Waals surface area (Å²) in [4.78, 5) is 17.7. The number of aromatic nitrogens is 3. The topological polar surface area (TPSA) is 81.1 Å². The number of fused-ring (bicyclic) bond motifs is 1. The van der Waals surface area contributed by atoms with Crippen molar-refractivity contribution >= 4 is 17.5 Å². The first-order chi connectivity index (χ1) is 14.0. The molecule has 1 aromatic heterocycles. The van der Waals surface area contributed by atoms with Gasteiger partial charge < -0.3 is 15.4 Å². The van der Waals surface area contributed by atoms with Crippen molar-refractivity contribution in [3.05, 3.63) is 76.8 Å². The summed E-state index contributed by atoms with van der Waals surface area (Å²) in [5.41, 5.74) is 5.07. The zero-order chi connectivity index (χ0) is 20.5. The average molecular weight is 389 g/mol. The molecule has 148 valence electrons. The van der Waals surface area contributed by atoms with Crippen molar-refractivity contribution in [3.8, 4) is 5.75 Å². The lowest BCUT2D eigenvalue weighted by Crippen LogP contribution is -2.31. The Morgan fingerprint density at radius 3 is 2.72 bits per heavy atom. The quantitative estimate of drug-likeness (QED) is 0.709. The third-order valence-electron chi connectivity index (χ3n) is 5.10. The molecule has 0 saturated heterocycles. The Bertz CT molecular complexity index is 1120. The summed E-state index contributed by atoms with van der Waals surface area (Å²) < 4.78 is 7.28. The van der Waals surface area contributed by atoms with Crippen molar-refractivity contribution in [2.45, 2.75) is 26.8 Å². The van der Waals surface area contributed by atoms with Crippen molar-refractivity contribution in [2.24, 2.45) is 0 Å². The summed E-state index contributed by atoms with van der Waals surface area (Å²) in [6, 6.07) is 13.1. The van der Waals surface area contributed by atoms with E-state index in [1.54, 1.807) is 11.8 Å². The van der Waals surface area contributed by atoms with Gasteiger partial charge in [-0.05, 0) is 38.5 Å². The van der Waals surface area contributed by atoms with Crippen LogP contribution in [-0.2, 0) is 4.79 Å². The number of ether oxygens (including phenoxy) is 1. The molecule has 0 radical (unpaired) electrons. The minimum atomic E-state index is -0.462. The van der Waals surface area contributed by atoms with Crippen LogP contribution in [0.1, 0.15) is 29.7 Å². The predicted molar refractivity (Wildman–Crippen MR) is 112 cm³/mol. The molecule has 0 fully saturated rings. The van der Waals surface area contributed by atoms with Gasteiger partial charge in [0.1, 0.15) is 18.1 Å². The van der Waals surface area contributed by atoms with Crippen molar-refractivity contribution in [1.29, 1.82) is 0 Å². The third kappa shape index (κ3) is 3.35. The summed E-state index contributed by atoms with van der Waals surface area (Å²) >= 11 is 0. The molecule has 1 aliphatic heterocycles. The lowest BCUT2D eigenvalue weighted by molar-refractivity contribution is -0.113. The number of hydrogen-bond acceptors (Lipinski definition) is 5. The normalized spacial score (nSPS) is 15.5. The fourth-order valence-electron chi connectivity index (χ4n) is 3.71. The number of para-hydroxylation sites is 1. The van der Waals surface area contributed by atoms with E-state index >= 15 is 0 Å². The number of rotatable bonds is 4. The van der Waals surface area contributed by atoms with E-state index in [9.17, 15) is 4.79 Å². The Hall–Kier alpha value is -3.61. The number of nitrogens with zero attached hydrogens (tertiary/aromatic N) is 3. The molecule has 0 spiro atoms. The smallest absolute Gasteiger partial charge is 0.255 e. The number of carbonyl (C=O) groups excluding carboxylic acids is 1. The zero-order valence-electron chi connectivity index (χ0n) is 16.9. The highest BCUT2D eigenvalue weighted by molar-refractivity contribution is 6.06. The van der Waals surface area contributed by atoms with E-state index in [0.717, 1.165) is 28.1 Å². The van der Waals surface area contributed by atoms with E-state index in [2.05, 4.69) is 20.7 Å². The second-order valence-corrected chi connectivity index (χ2v) is 7.11. The van der Waals surface area contributed by atoms with Crippen LogP contribution in [-0.4, -0.2) is 27.8 Å². The molecule has 0 bridgehead atoms. The van der Waals surface area contributed by atoms with Gasteiger partial charge >= 0.3 is 0 Å². The molecule has 1 amide bonds. The predicted octanol–water partition coefficient (Wildman–Crippen LogP) is 3.83. The Balaban J connectivity index is 1.80. The number of methoxy groups -OCH3 is 1.